The van der Waals surface area contributed by atoms with E-state index in [1.54, 1.807) is 0 Å². The third-order valence-electron chi connectivity index (χ3n) is 17.6. The maximum atomic E-state index is 11.3. The second kappa shape index (κ2) is 35.5. The number of hydrogen-bond donors (Lipinski definition) is 4. The first-order valence-corrected chi connectivity index (χ1v) is 32.8. The van der Waals surface area contributed by atoms with Gasteiger partial charge in [0.25, 0.3) is 0 Å². The molecule has 512 valence electrons. The van der Waals surface area contributed by atoms with Gasteiger partial charge in [-0.25, -0.2) is 0 Å². The van der Waals surface area contributed by atoms with Gasteiger partial charge in [-0.1, -0.05) is 212 Å². The molecule has 0 spiro atoms. The van der Waals surface area contributed by atoms with Crippen LogP contribution >= 0.6 is 0 Å². The summed E-state index contributed by atoms with van der Waals surface area (Å²) in [7, 11) is 1.50. The average Bonchev–Trinajstić information content (AvgIpc) is 1.64. The summed E-state index contributed by atoms with van der Waals surface area (Å²) in [6.45, 7) is -1.15. The van der Waals surface area contributed by atoms with E-state index in [1.165, 1.54) is 7.11 Å². The van der Waals surface area contributed by atoms with E-state index in [-0.39, 0.29) is 52.9 Å². The molecule has 5 saturated heterocycles. The Morgan fingerprint density at radius 1 is 0.240 bits per heavy atom. The van der Waals surface area contributed by atoms with E-state index in [4.69, 9.17) is 80.5 Å². The van der Waals surface area contributed by atoms with E-state index in [2.05, 4.69) is 0 Å². The van der Waals surface area contributed by atoms with Crippen molar-refractivity contribution in [2.45, 2.75) is 169 Å². The van der Waals surface area contributed by atoms with Crippen molar-refractivity contribution in [3.8, 4) is 0 Å². The summed E-state index contributed by atoms with van der Waals surface area (Å²) in [6, 6.07) is 67.4. The van der Waals surface area contributed by atoms with E-state index in [0.29, 0.717) is 0 Å². The van der Waals surface area contributed by atoms with Crippen molar-refractivity contribution >= 4 is 0 Å². The van der Waals surface area contributed by atoms with E-state index >= 15 is 0 Å². The maximum absolute atomic E-state index is 11.3. The molecule has 21 heteroatoms. The minimum atomic E-state index is -1.36. The van der Waals surface area contributed by atoms with Crippen molar-refractivity contribution < 1.29 is 101 Å². The van der Waals surface area contributed by atoms with Crippen LogP contribution in [0.4, 0.5) is 0 Å². The molecule has 0 bridgehead atoms. The highest BCUT2D eigenvalue weighted by Crippen LogP contribution is 2.41. The minimum Gasteiger partial charge on any atom is -0.394 e. The van der Waals surface area contributed by atoms with Crippen molar-refractivity contribution in [3.63, 3.8) is 0 Å². The Hall–Kier alpha value is -6.30. The second-order valence-corrected chi connectivity index (χ2v) is 24.1. The summed E-state index contributed by atoms with van der Waals surface area (Å²) < 4.78 is 114. The van der Waals surface area contributed by atoms with Gasteiger partial charge < -0.3 is 101 Å². The highest BCUT2D eigenvalue weighted by atomic mass is 16.8. The summed E-state index contributed by atoms with van der Waals surface area (Å²) in [5.41, 5.74) is 6.12. The molecule has 5 heterocycles. The zero-order chi connectivity index (χ0) is 65.8. The van der Waals surface area contributed by atoms with E-state index in [0.717, 1.165) is 38.9 Å². The molecule has 0 saturated carbocycles. The summed E-state index contributed by atoms with van der Waals surface area (Å²) in [6.07, 6.45) is -20.8. The molecular formula is C75H86O21. The van der Waals surface area contributed by atoms with Crippen LogP contribution in [0.5, 0.6) is 0 Å². The van der Waals surface area contributed by atoms with Crippen LogP contribution in [0.2, 0.25) is 0 Å². The zero-order valence-corrected chi connectivity index (χ0v) is 53.5. The highest BCUT2D eigenvalue weighted by molar-refractivity contribution is 5.19. The molecule has 4 N–H and O–H groups in total. The van der Waals surface area contributed by atoms with E-state index in [1.807, 2.05) is 212 Å². The number of rotatable bonds is 35. The Bertz CT molecular complexity index is 3300. The maximum Gasteiger partial charge on any atom is 0.187 e. The van der Waals surface area contributed by atoms with Gasteiger partial charge in [0.05, 0.1) is 79.3 Å². The zero-order valence-electron chi connectivity index (χ0n) is 53.5. The first-order valence-electron chi connectivity index (χ1n) is 32.8. The molecule has 0 radical (unpaired) electrons. The average molecular weight is 1320 g/mol. The van der Waals surface area contributed by atoms with Crippen LogP contribution in [0, 0.1) is 0 Å². The van der Waals surface area contributed by atoms with Gasteiger partial charge in [-0.15, -0.1) is 0 Å². The van der Waals surface area contributed by atoms with Gasteiger partial charge >= 0.3 is 0 Å². The lowest BCUT2D eigenvalue weighted by Gasteiger charge is -2.33. The molecule has 12 rings (SSSR count). The largest absolute Gasteiger partial charge is 0.394 e. The van der Waals surface area contributed by atoms with Crippen molar-refractivity contribution in [3.05, 3.63) is 251 Å². The highest BCUT2D eigenvalue weighted by Gasteiger charge is 2.58. The molecule has 5 aliphatic rings. The van der Waals surface area contributed by atoms with Crippen molar-refractivity contribution in [2.75, 3.05) is 40.1 Å². The summed E-state index contributed by atoms with van der Waals surface area (Å²) in [5.74, 6) is 0. The molecule has 7 aromatic carbocycles. The number of benzene rings is 7. The van der Waals surface area contributed by atoms with E-state index < -0.39 is 149 Å². The topological polar surface area (TPSA) is 238 Å². The summed E-state index contributed by atoms with van der Waals surface area (Å²) >= 11 is 0. The SMILES string of the molecule is CO[C@H]1O[C@H](CO[C@H]2O[C@H](CO)[C@@H](OCc3ccccc3)[C@@H]2O[C@@H]2O[C@H](CO)[C@@H](OCc3ccccc3)[C@@H]2OCc2ccccc2)[C@@H](O[C@H]2O[C@H](CO)[C@@H](OCc3ccccc3)[C@@H]2O[C@@H]2O[C@H](CO)[C@@H](OCc3ccccc3)[C@@H]2OCc2ccccc2)[C@@H]1OCc1ccccc1. The number of hydrogen-bond acceptors (Lipinski definition) is 21. The first kappa shape index (κ1) is 69.6. The molecule has 20 atom stereocenters. The van der Waals surface area contributed by atoms with Crippen molar-refractivity contribution in [1.82, 2.24) is 0 Å². The Kier molecular flexibility index (Phi) is 25.7. The van der Waals surface area contributed by atoms with Gasteiger partial charge in [-0.3, -0.25) is 0 Å². The van der Waals surface area contributed by atoms with Gasteiger partial charge in [-0.2, -0.15) is 0 Å². The second-order valence-electron chi connectivity index (χ2n) is 24.1. The molecule has 5 aliphatic heterocycles. The van der Waals surface area contributed by atoms with Crippen molar-refractivity contribution in [2.24, 2.45) is 0 Å². The van der Waals surface area contributed by atoms with Gasteiger partial charge in [0, 0.05) is 7.11 Å². The molecule has 96 heavy (non-hydrogen) atoms. The summed E-state index contributed by atoms with van der Waals surface area (Å²) in [5, 5.41) is 44.3. The van der Waals surface area contributed by atoms with Crippen LogP contribution in [-0.4, -0.2) is 184 Å². The predicted molar refractivity (Wildman–Crippen MR) is 344 cm³/mol. The number of ether oxygens (including phenoxy) is 17. The van der Waals surface area contributed by atoms with Crippen LogP contribution in [0.15, 0.2) is 212 Å². The fraction of sp³-hybridized carbons (Fsp3) is 0.440. The Morgan fingerprint density at radius 3 is 0.740 bits per heavy atom. The van der Waals surface area contributed by atoms with Crippen LogP contribution < -0.4 is 0 Å². The van der Waals surface area contributed by atoms with Gasteiger partial charge in [-0.05, 0) is 38.9 Å². The lowest BCUT2D eigenvalue weighted by atomic mass is 10.1. The van der Waals surface area contributed by atoms with Gasteiger partial charge in [0.1, 0.15) is 91.6 Å². The predicted octanol–water partition coefficient (Wildman–Crippen LogP) is 7.50. The molecule has 0 aromatic heterocycles. The standard InChI is InChI=1S/C75H86O21/c1-80-71-68(87-47-55-35-21-8-22-36-55)65(94-75-70(64(59(40-79)92-75)84-44-52-29-15-5-16-30-52)96-74-67(86-46-54-33-19-7-20-34-54)62(57(38-77)91-74)82-42-50-25-11-3-12-26-50)60(93-71)48-88-72-69(63(58(39-78)89-72)83-43-51-27-13-4-14-28-51)95-73-66(85-45-53-31-17-6-18-32-53)61(56(37-76)90-73)81-41-49-23-9-2-10-24-49/h2-36,56-79H,37-48H2,1H3/t56-,57-,58-,59-,60-,61-,62-,63-,64-,65-,66+,67+,68+,69+,70+,71+,72+,73+,74+,75-/m1/s1. The molecule has 21 nitrogen and oxygen atoms in total. The smallest absolute Gasteiger partial charge is 0.187 e. The van der Waals surface area contributed by atoms with Gasteiger partial charge in [0.15, 0.2) is 31.5 Å². The quantitative estimate of drug-likeness (QED) is 0.0301. The van der Waals surface area contributed by atoms with E-state index in [9.17, 15) is 20.4 Å². The Balaban J connectivity index is 0.855. The minimum absolute atomic E-state index is 0.0976. The normalized spacial score (nSPS) is 31.1. The van der Waals surface area contributed by atoms with Gasteiger partial charge in [0.2, 0.25) is 0 Å². The third-order valence-corrected chi connectivity index (χ3v) is 17.6. The Labute approximate surface area is 559 Å². The fourth-order valence-electron chi connectivity index (χ4n) is 12.6. The molecule has 5 fully saturated rings. The number of methoxy groups -OCH3 is 1. The van der Waals surface area contributed by atoms with Crippen molar-refractivity contribution in [1.29, 1.82) is 0 Å². The van der Waals surface area contributed by atoms with Crippen LogP contribution in [0.3, 0.4) is 0 Å². The fourth-order valence-corrected chi connectivity index (χ4v) is 12.6. The third kappa shape index (κ3) is 17.9. The number of aliphatic hydroxyl groups is 4. The molecule has 0 unspecified atom stereocenters. The lowest BCUT2D eigenvalue weighted by Crippen LogP contribution is -2.49. The Morgan fingerprint density at radius 2 is 0.458 bits per heavy atom. The monoisotopic (exact) mass is 1320 g/mol. The van der Waals surface area contributed by atoms with Crippen LogP contribution in [0.25, 0.3) is 0 Å². The lowest BCUT2D eigenvalue weighted by molar-refractivity contribution is -0.276. The number of aliphatic hydroxyl groups excluding tert-OH is 4. The molecule has 0 aliphatic carbocycles. The molecular weight excluding hydrogens is 1240 g/mol. The van der Waals surface area contributed by atoms with Crippen LogP contribution in [0.1, 0.15) is 38.9 Å². The molecule has 0 amide bonds. The molecule has 7 aromatic rings. The summed E-state index contributed by atoms with van der Waals surface area (Å²) in [4.78, 5) is 0. The first-order chi connectivity index (χ1) is 47.4. The van der Waals surface area contributed by atoms with Crippen LogP contribution in [-0.2, 0) is 127 Å².